The van der Waals surface area contributed by atoms with Crippen LogP contribution in [0.15, 0.2) is 42.5 Å². The molecule has 0 unspecified atom stereocenters. The first-order valence-electron chi connectivity index (χ1n) is 10.1. The number of unbranched alkanes of at least 4 members (excludes halogenated alkanes) is 1. The van der Waals surface area contributed by atoms with E-state index in [0.717, 1.165) is 24.0 Å². The van der Waals surface area contributed by atoms with E-state index >= 15 is 0 Å². The molecular weight excluding hydrogens is 382 g/mol. The molecule has 6 nitrogen and oxygen atoms in total. The lowest BCUT2D eigenvalue weighted by Gasteiger charge is -2.27. The first-order valence-corrected chi connectivity index (χ1v) is 10.1. The minimum atomic E-state index is -1.03. The summed E-state index contributed by atoms with van der Waals surface area (Å²) in [6.07, 6.45) is 2.03. The topological polar surface area (TPSA) is 83.9 Å². The van der Waals surface area contributed by atoms with E-state index in [2.05, 4.69) is 0 Å². The quantitative estimate of drug-likeness (QED) is 0.586. The van der Waals surface area contributed by atoms with Gasteiger partial charge in [0.1, 0.15) is 0 Å². The summed E-state index contributed by atoms with van der Waals surface area (Å²) in [5.41, 5.74) is 2.94. The third-order valence-electron chi connectivity index (χ3n) is 4.95. The van der Waals surface area contributed by atoms with Crippen LogP contribution in [0.4, 0.5) is 5.69 Å². The molecule has 30 heavy (non-hydrogen) atoms. The first-order chi connectivity index (χ1) is 14.3. The van der Waals surface area contributed by atoms with E-state index in [9.17, 15) is 19.5 Å². The molecule has 0 spiro atoms. The minimum absolute atomic E-state index is 0.0571. The summed E-state index contributed by atoms with van der Waals surface area (Å²) in [7, 11) is 1.33. The van der Waals surface area contributed by atoms with Crippen LogP contribution in [0.3, 0.4) is 0 Å². The molecule has 2 aromatic carbocycles. The lowest BCUT2D eigenvalue weighted by atomic mass is 9.97. The highest BCUT2D eigenvalue weighted by molar-refractivity contribution is 5.96. The van der Waals surface area contributed by atoms with Gasteiger partial charge in [-0.1, -0.05) is 45.4 Å². The van der Waals surface area contributed by atoms with E-state index in [1.165, 1.54) is 7.11 Å². The maximum atomic E-state index is 13.1. The normalized spacial score (nSPS) is 10.7. The molecule has 0 aromatic heterocycles. The molecule has 0 aliphatic heterocycles. The van der Waals surface area contributed by atoms with E-state index in [1.54, 1.807) is 47.4 Å². The number of esters is 1. The van der Waals surface area contributed by atoms with Crippen molar-refractivity contribution in [2.24, 2.45) is 0 Å². The highest BCUT2D eigenvalue weighted by Crippen LogP contribution is 2.31. The Labute approximate surface area is 177 Å². The highest BCUT2D eigenvalue weighted by atomic mass is 16.5. The van der Waals surface area contributed by atoms with Gasteiger partial charge in [0.25, 0.3) is 0 Å². The van der Waals surface area contributed by atoms with Crippen LogP contribution >= 0.6 is 0 Å². The third kappa shape index (κ3) is 5.69. The molecule has 0 bridgehead atoms. The van der Waals surface area contributed by atoms with Crippen molar-refractivity contribution < 1.29 is 24.2 Å². The van der Waals surface area contributed by atoms with Crippen LogP contribution in [0.2, 0.25) is 0 Å². The molecule has 1 N–H and O–H groups in total. The summed E-state index contributed by atoms with van der Waals surface area (Å²) >= 11 is 0. The van der Waals surface area contributed by atoms with Gasteiger partial charge in [0, 0.05) is 12.1 Å². The second-order valence-electron chi connectivity index (χ2n) is 7.51. The molecule has 0 aliphatic rings. The van der Waals surface area contributed by atoms with Crippen molar-refractivity contribution in [2.45, 2.75) is 52.5 Å². The van der Waals surface area contributed by atoms with Crippen molar-refractivity contribution >= 4 is 23.5 Å². The smallest absolute Gasteiger partial charge is 0.337 e. The van der Waals surface area contributed by atoms with Gasteiger partial charge in [-0.3, -0.25) is 4.79 Å². The molecule has 2 rings (SSSR count). The number of carboxylic acid groups (broad SMARTS) is 1. The number of carboxylic acids is 1. The van der Waals surface area contributed by atoms with Crippen molar-refractivity contribution in [3.63, 3.8) is 0 Å². The van der Waals surface area contributed by atoms with Crippen molar-refractivity contribution in [1.82, 2.24) is 0 Å². The second-order valence-corrected chi connectivity index (χ2v) is 7.51. The fourth-order valence-corrected chi connectivity index (χ4v) is 3.22. The summed E-state index contributed by atoms with van der Waals surface area (Å²) in [6.45, 7) is 6.33. The molecule has 6 heteroatoms. The van der Waals surface area contributed by atoms with Crippen LogP contribution < -0.4 is 4.90 Å². The van der Waals surface area contributed by atoms with Crippen molar-refractivity contribution in [3.8, 4) is 0 Å². The van der Waals surface area contributed by atoms with Crippen LogP contribution in [-0.4, -0.2) is 30.1 Å². The molecule has 0 fully saturated rings. The monoisotopic (exact) mass is 411 g/mol. The van der Waals surface area contributed by atoms with Crippen molar-refractivity contribution in [1.29, 1.82) is 0 Å². The highest BCUT2D eigenvalue weighted by Gasteiger charge is 2.22. The van der Waals surface area contributed by atoms with E-state index in [1.807, 2.05) is 20.8 Å². The Morgan fingerprint density at radius 1 is 1.03 bits per heavy atom. The van der Waals surface area contributed by atoms with Gasteiger partial charge >= 0.3 is 11.9 Å². The average molecular weight is 411 g/mol. The van der Waals surface area contributed by atoms with Crippen LogP contribution in [0.25, 0.3) is 0 Å². The van der Waals surface area contributed by atoms with Crippen molar-refractivity contribution in [2.75, 3.05) is 12.0 Å². The third-order valence-corrected chi connectivity index (χ3v) is 4.95. The fraction of sp³-hybridized carbons (Fsp3) is 0.375. The van der Waals surface area contributed by atoms with Gasteiger partial charge in [-0.25, -0.2) is 9.59 Å². The summed E-state index contributed by atoms with van der Waals surface area (Å²) in [5.74, 6) is -1.40. The Hall–Kier alpha value is -3.15. The van der Waals surface area contributed by atoms with E-state index in [4.69, 9.17) is 4.74 Å². The fourth-order valence-electron chi connectivity index (χ4n) is 3.22. The van der Waals surface area contributed by atoms with Gasteiger partial charge in [-0.05, 0) is 47.7 Å². The van der Waals surface area contributed by atoms with Gasteiger partial charge in [0.2, 0.25) is 5.91 Å². The second kappa shape index (κ2) is 10.6. The number of anilines is 1. The maximum Gasteiger partial charge on any atom is 0.337 e. The molecule has 0 atom stereocenters. The molecule has 0 saturated carbocycles. The maximum absolute atomic E-state index is 13.1. The number of ether oxygens (including phenoxy) is 1. The number of nitrogens with zero attached hydrogens (tertiary/aromatic N) is 1. The van der Waals surface area contributed by atoms with Gasteiger partial charge < -0.3 is 14.7 Å². The zero-order valence-corrected chi connectivity index (χ0v) is 18.0. The Bertz CT molecular complexity index is 902. The van der Waals surface area contributed by atoms with Crippen LogP contribution in [0.1, 0.15) is 77.8 Å². The first kappa shape index (κ1) is 23.1. The van der Waals surface area contributed by atoms with Crippen LogP contribution in [0, 0.1) is 0 Å². The van der Waals surface area contributed by atoms with Gasteiger partial charge in [0.05, 0.1) is 24.8 Å². The molecule has 0 aliphatic carbocycles. The van der Waals surface area contributed by atoms with Gasteiger partial charge in [-0.15, -0.1) is 0 Å². The Morgan fingerprint density at radius 3 is 2.20 bits per heavy atom. The number of methoxy groups -OCH3 is 1. The molecule has 0 radical (unpaired) electrons. The zero-order valence-electron chi connectivity index (χ0n) is 18.0. The number of hydrogen-bond acceptors (Lipinski definition) is 4. The van der Waals surface area contributed by atoms with E-state index in [0.29, 0.717) is 17.7 Å². The van der Waals surface area contributed by atoms with E-state index < -0.39 is 11.9 Å². The Kier molecular flexibility index (Phi) is 8.16. The Balaban J connectivity index is 2.47. The predicted octanol–water partition coefficient (Wildman–Crippen LogP) is 5.02. The lowest BCUT2D eigenvalue weighted by Crippen LogP contribution is -2.31. The molecule has 2 aromatic rings. The molecule has 1 amide bonds. The standard InChI is InChI=1S/C24H29NO5/c1-5-6-7-22(26)25(15-17-8-10-18(11-9-17)24(29)30-4)21-14-19(23(27)28)12-13-20(21)16(2)3/h8-14,16H,5-7,15H2,1-4H3,(H,27,28). The number of aromatic carboxylic acids is 1. The predicted molar refractivity (Wildman–Crippen MR) is 116 cm³/mol. The summed E-state index contributed by atoms with van der Waals surface area (Å²) in [6, 6.07) is 11.8. The van der Waals surface area contributed by atoms with E-state index in [-0.39, 0.29) is 23.9 Å². The van der Waals surface area contributed by atoms with Crippen LogP contribution in [0.5, 0.6) is 0 Å². The van der Waals surface area contributed by atoms with Crippen molar-refractivity contribution in [3.05, 3.63) is 64.7 Å². The summed E-state index contributed by atoms with van der Waals surface area (Å²) < 4.78 is 4.73. The summed E-state index contributed by atoms with van der Waals surface area (Å²) in [5, 5.41) is 9.45. The number of amides is 1. The number of rotatable bonds is 9. The Morgan fingerprint density at radius 2 is 1.67 bits per heavy atom. The van der Waals surface area contributed by atoms with Gasteiger partial charge in [0.15, 0.2) is 0 Å². The van der Waals surface area contributed by atoms with Gasteiger partial charge in [-0.2, -0.15) is 0 Å². The lowest BCUT2D eigenvalue weighted by molar-refractivity contribution is -0.118. The minimum Gasteiger partial charge on any atom is -0.478 e. The number of carbonyl (C=O) groups excluding carboxylic acids is 2. The SMILES string of the molecule is CCCCC(=O)N(Cc1ccc(C(=O)OC)cc1)c1cc(C(=O)O)ccc1C(C)C. The molecule has 0 saturated heterocycles. The molecule has 0 heterocycles. The zero-order chi connectivity index (χ0) is 22.3. The van der Waals surface area contributed by atoms with Crippen LogP contribution in [-0.2, 0) is 16.1 Å². The number of carbonyl (C=O) groups is 3. The number of benzene rings is 2. The summed E-state index contributed by atoms with van der Waals surface area (Å²) in [4.78, 5) is 38.0. The molecular formula is C24H29NO5. The number of hydrogen-bond donors (Lipinski definition) is 1. The molecule has 160 valence electrons. The largest absolute Gasteiger partial charge is 0.478 e. The average Bonchev–Trinajstić information content (AvgIpc) is 2.75.